The molecule has 2 aromatic rings. The van der Waals surface area contributed by atoms with E-state index in [1.807, 2.05) is 30.3 Å². The van der Waals surface area contributed by atoms with Crippen LogP contribution in [0.5, 0.6) is 0 Å². The lowest BCUT2D eigenvalue weighted by Crippen LogP contribution is -2.26. The molecule has 2 aromatic carbocycles. The summed E-state index contributed by atoms with van der Waals surface area (Å²) in [4.78, 5) is 0.182. The van der Waals surface area contributed by atoms with Crippen LogP contribution >= 0.6 is 15.9 Å². The molecule has 0 aliphatic carbocycles. The number of hydrogen-bond acceptors (Lipinski definition) is 3. The number of nitrogen functional groups attached to an aromatic ring is 1. The van der Waals surface area contributed by atoms with Crippen molar-refractivity contribution in [3.63, 3.8) is 0 Å². The summed E-state index contributed by atoms with van der Waals surface area (Å²) in [7, 11) is -3.58. The topological polar surface area (TPSA) is 72.2 Å². The van der Waals surface area contributed by atoms with Crippen molar-refractivity contribution in [1.29, 1.82) is 0 Å². The van der Waals surface area contributed by atoms with Crippen molar-refractivity contribution >= 4 is 31.6 Å². The molecule has 3 N–H and O–H groups in total. The molecule has 0 bridgehead atoms. The molecule has 0 unspecified atom stereocenters. The number of nitrogens with one attached hydrogen (secondary N) is 1. The number of benzene rings is 2. The third kappa shape index (κ3) is 3.39. The van der Waals surface area contributed by atoms with Crippen LogP contribution in [0.4, 0.5) is 5.69 Å². The SMILES string of the molecule is C[C@H](NS(=O)(=O)c1ccc(N)c(Br)c1)c1ccccc1. The number of nitrogens with two attached hydrogens (primary N) is 1. The van der Waals surface area contributed by atoms with Crippen LogP contribution in [-0.4, -0.2) is 8.42 Å². The van der Waals surface area contributed by atoms with Crippen LogP contribution in [0.1, 0.15) is 18.5 Å². The monoisotopic (exact) mass is 354 g/mol. The van der Waals surface area contributed by atoms with Crippen LogP contribution in [0.25, 0.3) is 0 Å². The fourth-order valence-corrected chi connectivity index (χ4v) is 3.57. The smallest absolute Gasteiger partial charge is 0.241 e. The fourth-order valence-electron chi connectivity index (χ4n) is 1.79. The third-order valence-corrected chi connectivity index (χ3v) is 5.14. The summed E-state index contributed by atoms with van der Waals surface area (Å²) in [6.07, 6.45) is 0. The van der Waals surface area contributed by atoms with Crippen LogP contribution < -0.4 is 10.5 Å². The van der Waals surface area contributed by atoms with Gasteiger partial charge in [0.25, 0.3) is 0 Å². The van der Waals surface area contributed by atoms with E-state index in [1.165, 1.54) is 12.1 Å². The highest BCUT2D eigenvalue weighted by Crippen LogP contribution is 2.24. The molecule has 2 rings (SSSR count). The van der Waals surface area contributed by atoms with E-state index < -0.39 is 10.0 Å². The first-order chi connectivity index (χ1) is 9.40. The molecule has 0 aliphatic rings. The summed E-state index contributed by atoms with van der Waals surface area (Å²) in [5, 5.41) is 0. The molecular weight excluding hydrogens is 340 g/mol. The van der Waals surface area contributed by atoms with Crippen LogP contribution in [0, 0.1) is 0 Å². The number of anilines is 1. The van der Waals surface area contributed by atoms with Crippen molar-refractivity contribution in [2.45, 2.75) is 17.9 Å². The lowest BCUT2D eigenvalue weighted by Gasteiger charge is -2.15. The first-order valence-electron chi connectivity index (χ1n) is 6.02. The van der Waals surface area contributed by atoms with Crippen LogP contribution in [-0.2, 0) is 10.0 Å². The summed E-state index contributed by atoms with van der Waals surface area (Å²) < 4.78 is 27.8. The van der Waals surface area contributed by atoms with Crippen molar-refractivity contribution < 1.29 is 8.42 Å². The van der Waals surface area contributed by atoms with E-state index in [1.54, 1.807) is 13.0 Å². The molecule has 106 valence electrons. The van der Waals surface area contributed by atoms with Crippen molar-refractivity contribution in [2.75, 3.05) is 5.73 Å². The maximum atomic E-state index is 12.3. The van der Waals surface area contributed by atoms with Gasteiger partial charge in [0.1, 0.15) is 0 Å². The fraction of sp³-hybridized carbons (Fsp3) is 0.143. The van der Waals surface area contributed by atoms with Crippen LogP contribution in [0.3, 0.4) is 0 Å². The van der Waals surface area contributed by atoms with Crippen molar-refractivity contribution in [3.05, 3.63) is 58.6 Å². The maximum Gasteiger partial charge on any atom is 0.241 e. The molecule has 0 spiro atoms. The zero-order chi connectivity index (χ0) is 14.8. The second kappa shape index (κ2) is 5.95. The third-order valence-electron chi connectivity index (χ3n) is 2.91. The second-order valence-corrected chi connectivity index (χ2v) is 7.01. The second-order valence-electron chi connectivity index (χ2n) is 4.44. The molecule has 0 aromatic heterocycles. The van der Waals surface area contributed by atoms with Crippen LogP contribution in [0.15, 0.2) is 57.9 Å². The Labute approximate surface area is 127 Å². The molecule has 0 fully saturated rings. The highest BCUT2D eigenvalue weighted by molar-refractivity contribution is 9.10. The van der Waals surface area contributed by atoms with Gasteiger partial charge in [0.05, 0.1) is 4.90 Å². The quantitative estimate of drug-likeness (QED) is 0.828. The highest BCUT2D eigenvalue weighted by Gasteiger charge is 2.18. The number of rotatable bonds is 4. The van der Waals surface area contributed by atoms with E-state index in [9.17, 15) is 8.42 Å². The normalized spacial score (nSPS) is 13.1. The average Bonchev–Trinajstić information content (AvgIpc) is 2.42. The van der Waals surface area contributed by atoms with Crippen molar-refractivity contribution in [3.8, 4) is 0 Å². The van der Waals surface area contributed by atoms with Gasteiger partial charge in [-0.3, -0.25) is 0 Å². The van der Waals surface area contributed by atoms with E-state index in [0.717, 1.165) is 5.56 Å². The Morgan fingerprint density at radius 3 is 2.40 bits per heavy atom. The van der Waals surface area contributed by atoms with Gasteiger partial charge in [-0.25, -0.2) is 13.1 Å². The molecule has 0 amide bonds. The molecule has 0 saturated heterocycles. The summed E-state index contributed by atoms with van der Waals surface area (Å²) in [5.74, 6) is 0. The maximum absolute atomic E-state index is 12.3. The van der Waals surface area contributed by atoms with E-state index in [4.69, 9.17) is 5.73 Å². The molecule has 0 saturated carbocycles. The minimum Gasteiger partial charge on any atom is -0.398 e. The predicted octanol–water partition coefficient (Wildman–Crippen LogP) is 3.07. The molecule has 0 heterocycles. The van der Waals surface area contributed by atoms with Gasteiger partial charge >= 0.3 is 0 Å². The summed E-state index contributed by atoms with van der Waals surface area (Å²) in [5.41, 5.74) is 7.07. The zero-order valence-electron chi connectivity index (χ0n) is 10.9. The Morgan fingerprint density at radius 2 is 1.80 bits per heavy atom. The Morgan fingerprint density at radius 1 is 1.15 bits per heavy atom. The van der Waals surface area contributed by atoms with E-state index >= 15 is 0 Å². The van der Waals surface area contributed by atoms with E-state index in [0.29, 0.717) is 10.2 Å². The highest BCUT2D eigenvalue weighted by atomic mass is 79.9. The summed E-state index contributed by atoms with van der Waals surface area (Å²) in [6, 6.07) is 13.6. The van der Waals surface area contributed by atoms with Gasteiger partial charge < -0.3 is 5.73 Å². The standard InChI is InChI=1S/C14H15BrN2O2S/c1-10(11-5-3-2-4-6-11)17-20(18,19)12-7-8-14(16)13(15)9-12/h2-10,17H,16H2,1H3/t10-/m0/s1. The van der Waals surface area contributed by atoms with Crippen molar-refractivity contribution in [1.82, 2.24) is 4.72 Å². The lowest BCUT2D eigenvalue weighted by molar-refractivity contribution is 0.567. The molecular formula is C14H15BrN2O2S. The van der Waals surface area contributed by atoms with Gasteiger partial charge in [-0.1, -0.05) is 30.3 Å². The molecule has 4 nitrogen and oxygen atoms in total. The van der Waals surface area contributed by atoms with Gasteiger partial charge in [-0.05, 0) is 46.6 Å². The minimum absolute atomic E-state index is 0.182. The molecule has 1 atom stereocenters. The van der Waals surface area contributed by atoms with E-state index in [2.05, 4.69) is 20.7 Å². The zero-order valence-corrected chi connectivity index (χ0v) is 13.3. The molecule has 0 radical (unpaired) electrons. The molecule has 6 heteroatoms. The van der Waals surface area contributed by atoms with Crippen LogP contribution in [0.2, 0.25) is 0 Å². The van der Waals surface area contributed by atoms with E-state index in [-0.39, 0.29) is 10.9 Å². The Balaban J connectivity index is 2.25. The lowest BCUT2D eigenvalue weighted by atomic mass is 10.1. The first kappa shape index (κ1) is 15.0. The average molecular weight is 355 g/mol. The molecule has 0 aliphatic heterocycles. The first-order valence-corrected chi connectivity index (χ1v) is 8.30. The van der Waals surface area contributed by atoms with Gasteiger partial charge in [0.15, 0.2) is 0 Å². The van der Waals surface area contributed by atoms with Gasteiger partial charge in [-0.2, -0.15) is 0 Å². The Hall–Kier alpha value is -1.37. The largest absolute Gasteiger partial charge is 0.398 e. The van der Waals surface area contributed by atoms with Gasteiger partial charge in [0, 0.05) is 16.2 Å². The predicted molar refractivity (Wildman–Crippen MR) is 83.7 cm³/mol. The molecule has 20 heavy (non-hydrogen) atoms. The number of hydrogen-bond donors (Lipinski definition) is 2. The summed E-state index contributed by atoms with van der Waals surface area (Å²) in [6.45, 7) is 1.80. The Kier molecular flexibility index (Phi) is 4.47. The number of halogens is 1. The Bertz CT molecular complexity index is 702. The van der Waals surface area contributed by atoms with Crippen molar-refractivity contribution in [2.24, 2.45) is 0 Å². The summed E-state index contributed by atoms with van der Waals surface area (Å²) >= 11 is 3.23. The number of sulfonamides is 1. The van der Waals surface area contributed by atoms with Gasteiger partial charge in [0.2, 0.25) is 10.0 Å². The van der Waals surface area contributed by atoms with Gasteiger partial charge in [-0.15, -0.1) is 0 Å². The minimum atomic E-state index is -3.58.